The maximum absolute atomic E-state index is 12.7. The first-order valence-electron chi connectivity index (χ1n) is 6.89. The molecule has 0 aliphatic heterocycles. The molecule has 0 fully saturated rings. The highest BCUT2D eigenvalue weighted by Gasteiger charge is 2.16. The van der Waals surface area contributed by atoms with Gasteiger partial charge in [0.2, 0.25) is 0 Å². The summed E-state index contributed by atoms with van der Waals surface area (Å²) in [5, 5.41) is 10.7. The number of phenols is 1. The molecule has 3 aromatic rings. The van der Waals surface area contributed by atoms with Gasteiger partial charge < -0.3 is 5.11 Å². The smallest absolute Gasteiger partial charge is 0.261 e. The molecule has 2 aromatic carbocycles. The van der Waals surface area contributed by atoms with E-state index in [2.05, 4.69) is 4.98 Å². The molecule has 0 atom stereocenters. The first-order valence-corrected chi connectivity index (χ1v) is 6.89. The molecule has 0 aliphatic rings. The zero-order valence-electron chi connectivity index (χ0n) is 11.9. The van der Waals surface area contributed by atoms with Crippen LogP contribution in [0.5, 0.6) is 5.75 Å². The predicted octanol–water partition coefficient (Wildman–Crippen LogP) is 3.35. The van der Waals surface area contributed by atoms with E-state index in [1.807, 2.05) is 38.1 Å². The monoisotopic (exact) mass is 280 g/mol. The Morgan fingerprint density at radius 2 is 1.71 bits per heavy atom. The molecule has 0 saturated carbocycles. The normalized spacial score (nSPS) is 11.2. The number of benzene rings is 2. The van der Waals surface area contributed by atoms with Crippen LogP contribution in [0.25, 0.3) is 22.3 Å². The Morgan fingerprint density at radius 1 is 1.05 bits per heavy atom. The summed E-state index contributed by atoms with van der Waals surface area (Å²) in [7, 11) is 0. The molecule has 4 heteroatoms. The van der Waals surface area contributed by atoms with E-state index in [-0.39, 0.29) is 17.4 Å². The lowest BCUT2D eigenvalue weighted by molar-refractivity contribution is 0.475. The number of fused-ring (bicyclic) bond motifs is 1. The lowest BCUT2D eigenvalue weighted by Crippen LogP contribution is -2.25. The van der Waals surface area contributed by atoms with Gasteiger partial charge in [-0.05, 0) is 38.1 Å². The average molecular weight is 280 g/mol. The summed E-state index contributed by atoms with van der Waals surface area (Å²) in [5.74, 6) is 0.612. The van der Waals surface area contributed by atoms with Gasteiger partial charge in [-0.1, -0.05) is 24.3 Å². The van der Waals surface area contributed by atoms with Crippen molar-refractivity contribution in [3.05, 3.63) is 58.9 Å². The summed E-state index contributed by atoms with van der Waals surface area (Å²) in [5.41, 5.74) is 1.11. The van der Waals surface area contributed by atoms with Crippen molar-refractivity contribution in [1.82, 2.24) is 9.55 Å². The molecule has 4 nitrogen and oxygen atoms in total. The molecule has 0 unspecified atom stereocenters. The Labute approximate surface area is 122 Å². The number of aromatic nitrogens is 2. The fourth-order valence-corrected chi connectivity index (χ4v) is 2.48. The van der Waals surface area contributed by atoms with Crippen LogP contribution in [0.15, 0.2) is 53.3 Å². The Morgan fingerprint density at radius 3 is 2.43 bits per heavy atom. The highest BCUT2D eigenvalue weighted by molar-refractivity contribution is 5.80. The maximum atomic E-state index is 12.7. The lowest BCUT2D eigenvalue weighted by Gasteiger charge is -2.17. The van der Waals surface area contributed by atoms with E-state index in [4.69, 9.17) is 0 Å². The molecule has 0 spiro atoms. The zero-order chi connectivity index (χ0) is 15.0. The Kier molecular flexibility index (Phi) is 3.22. The van der Waals surface area contributed by atoms with Crippen LogP contribution in [-0.4, -0.2) is 14.7 Å². The van der Waals surface area contributed by atoms with E-state index in [9.17, 15) is 9.90 Å². The Balaban J connectivity index is 2.44. The van der Waals surface area contributed by atoms with Gasteiger partial charge in [-0.25, -0.2) is 4.98 Å². The Hall–Kier alpha value is -2.62. The average Bonchev–Trinajstić information content (AvgIpc) is 2.47. The van der Waals surface area contributed by atoms with Crippen LogP contribution in [0.1, 0.15) is 19.9 Å². The molecule has 0 aliphatic carbocycles. The van der Waals surface area contributed by atoms with Crippen molar-refractivity contribution in [3.8, 4) is 17.1 Å². The SMILES string of the molecule is CC(C)n1c(-c2ccccc2O)nc2ccccc2c1=O. The van der Waals surface area contributed by atoms with Crippen molar-refractivity contribution in [3.63, 3.8) is 0 Å². The molecule has 0 radical (unpaired) electrons. The summed E-state index contributed by atoms with van der Waals surface area (Å²) in [4.78, 5) is 17.3. The van der Waals surface area contributed by atoms with E-state index < -0.39 is 0 Å². The second kappa shape index (κ2) is 5.05. The number of rotatable bonds is 2. The first kappa shape index (κ1) is 13.4. The van der Waals surface area contributed by atoms with Gasteiger partial charge in [-0.3, -0.25) is 9.36 Å². The maximum Gasteiger partial charge on any atom is 0.261 e. The van der Waals surface area contributed by atoms with Gasteiger partial charge in [0, 0.05) is 6.04 Å². The summed E-state index contributed by atoms with van der Waals surface area (Å²) in [6, 6.07) is 14.1. The molecule has 0 amide bonds. The summed E-state index contributed by atoms with van der Waals surface area (Å²) < 4.78 is 1.62. The van der Waals surface area contributed by atoms with Gasteiger partial charge in [0.05, 0.1) is 16.5 Å². The van der Waals surface area contributed by atoms with Crippen molar-refractivity contribution in [1.29, 1.82) is 0 Å². The van der Waals surface area contributed by atoms with E-state index in [0.717, 1.165) is 0 Å². The fraction of sp³-hybridized carbons (Fsp3) is 0.176. The lowest BCUT2D eigenvalue weighted by atomic mass is 10.1. The molecule has 1 aromatic heterocycles. The van der Waals surface area contributed by atoms with Crippen LogP contribution in [0.2, 0.25) is 0 Å². The first-order chi connectivity index (χ1) is 10.1. The summed E-state index contributed by atoms with van der Waals surface area (Å²) in [6.45, 7) is 3.86. The van der Waals surface area contributed by atoms with Crippen LogP contribution >= 0.6 is 0 Å². The minimum absolute atomic E-state index is 0.0517. The van der Waals surface area contributed by atoms with Gasteiger partial charge in [-0.15, -0.1) is 0 Å². The third kappa shape index (κ3) is 2.18. The van der Waals surface area contributed by atoms with E-state index in [1.54, 1.807) is 28.8 Å². The Bertz CT molecular complexity index is 866. The molecular formula is C17H16N2O2. The van der Waals surface area contributed by atoms with Crippen LogP contribution in [0.4, 0.5) is 0 Å². The molecule has 1 heterocycles. The summed E-state index contributed by atoms with van der Waals surface area (Å²) in [6.07, 6.45) is 0. The molecule has 1 N–H and O–H groups in total. The molecule has 0 bridgehead atoms. The van der Waals surface area contributed by atoms with Gasteiger partial charge in [0.15, 0.2) is 0 Å². The standard InChI is InChI=1S/C17H16N2O2/c1-11(2)19-16(13-8-4-6-10-15(13)20)18-14-9-5-3-7-12(14)17(19)21/h3-11,20H,1-2H3. The van der Waals surface area contributed by atoms with Gasteiger partial charge >= 0.3 is 0 Å². The molecule has 21 heavy (non-hydrogen) atoms. The second-order valence-corrected chi connectivity index (χ2v) is 5.24. The highest BCUT2D eigenvalue weighted by atomic mass is 16.3. The number of aromatic hydroxyl groups is 1. The van der Waals surface area contributed by atoms with Gasteiger partial charge in [0.1, 0.15) is 11.6 Å². The molecule has 3 rings (SSSR count). The van der Waals surface area contributed by atoms with Gasteiger partial charge in [-0.2, -0.15) is 0 Å². The topological polar surface area (TPSA) is 55.1 Å². The number of phenolic OH excluding ortho intramolecular Hbond substituents is 1. The van der Waals surface area contributed by atoms with E-state index in [0.29, 0.717) is 22.3 Å². The number of para-hydroxylation sites is 2. The molecule has 0 saturated heterocycles. The molecule has 106 valence electrons. The molecular weight excluding hydrogens is 264 g/mol. The number of hydrogen-bond donors (Lipinski definition) is 1. The van der Waals surface area contributed by atoms with Crippen molar-refractivity contribution in [2.75, 3.05) is 0 Å². The van der Waals surface area contributed by atoms with Crippen molar-refractivity contribution in [2.45, 2.75) is 19.9 Å². The number of hydrogen-bond acceptors (Lipinski definition) is 3. The van der Waals surface area contributed by atoms with Crippen molar-refractivity contribution < 1.29 is 5.11 Å². The predicted molar refractivity (Wildman–Crippen MR) is 83.5 cm³/mol. The van der Waals surface area contributed by atoms with Crippen molar-refractivity contribution in [2.24, 2.45) is 0 Å². The van der Waals surface area contributed by atoms with E-state index in [1.165, 1.54) is 0 Å². The quantitative estimate of drug-likeness (QED) is 0.783. The van der Waals surface area contributed by atoms with Crippen LogP contribution in [0, 0.1) is 0 Å². The summed E-state index contributed by atoms with van der Waals surface area (Å²) >= 11 is 0. The van der Waals surface area contributed by atoms with Crippen LogP contribution in [-0.2, 0) is 0 Å². The second-order valence-electron chi connectivity index (χ2n) is 5.24. The van der Waals surface area contributed by atoms with Gasteiger partial charge in [0.25, 0.3) is 5.56 Å². The van der Waals surface area contributed by atoms with E-state index >= 15 is 0 Å². The zero-order valence-corrected chi connectivity index (χ0v) is 11.9. The third-order valence-electron chi connectivity index (χ3n) is 3.47. The number of nitrogens with zero attached hydrogens (tertiary/aromatic N) is 2. The van der Waals surface area contributed by atoms with Crippen molar-refractivity contribution >= 4 is 10.9 Å². The third-order valence-corrected chi connectivity index (χ3v) is 3.47. The fourth-order valence-electron chi connectivity index (χ4n) is 2.48. The largest absolute Gasteiger partial charge is 0.507 e. The minimum atomic E-state index is -0.0890. The van der Waals surface area contributed by atoms with Crippen LogP contribution in [0.3, 0.4) is 0 Å². The minimum Gasteiger partial charge on any atom is -0.507 e. The highest BCUT2D eigenvalue weighted by Crippen LogP contribution is 2.28. The van der Waals surface area contributed by atoms with Crippen LogP contribution < -0.4 is 5.56 Å².